The summed E-state index contributed by atoms with van der Waals surface area (Å²) in [6.45, 7) is 7.60. The summed E-state index contributed by atoms with van der Waals surface area (Å²) in [4.78, 5) is 42.0. The van der Waals surface area contributed by atoms with Crippen molar-refractivity contribution in [3.63, 3.8) is 0 Å². The molecule has 0 spiro atoms. The zero-order valence-corrected chi connectivity index (χ0v) is 25.7. The van der Waals surface area contributed by atoms with Gasteiger partial charge in [0.25, 0.3) is 0 Å². The first-order valence-corrected chi connectivity index (χ1v) is 15.1. The molecule has 10 heteroatoms. The van der Waals surface area contributed by atoms with Crippen LogP contribution in [-0.2, 0) is 16.0 Å². The van der Waals surface area contributed by atoms with Crippen molar-refractivity contribution in [2.24, 2.45) is 0 Å². The van der Waals surface area contributed by atoms with Crippen LogP contribution in [0.1, 0.15) is 64.1 Å². The number of nitrogens with zero attached hydrogens (tertiary/aromatic N) is 1. The van der Waals surface area contributed by atoms with Crippen LogP contribution in [0, 0.1) is 6.92 Å². The number of carbonyl (C=O) groups excluding carboxylic acids is 2. The molecule has 1 fully saturated rings. The summed E-state index contributed by atoms with van der Waals surface area (Å²) in [6.07, 6.45) is 6.51. The van der Waals surface area contributed by atoms with Crippen molar-refractivity contribution >= 4 is 33.9 Å². The van der Waals surface area contributed by atoms with E-state index in [1.54, 1.807) is 63.4 Å². The summed E-state index contributed by atoms with van der Waals surface area (Å²) < 4.78 is 23.4. The van der Waals surface area contributed by atoms with Crippen LogP contribution < -0.4 is 25.5 Å². The molecule has 1 aliphatic carbocycles. The molecule has 0 saturated heterocycles. The fourth-order valence-corrected chi connectivity index (χ4v) is 5.21. The van der Waals surface area contributed by atoms with Crippen LogP contribution in [-0.4, -0.2) is 41.8 Å². The highest BCUT2D eigenvalue weighted by Crippen LogP contribution is 2.31. The number of fused-ring (bicyclic) bond motifs is 2. The van der Waals surface area contributed by atoms with Gasteiger partial charge in [-0.25, -0.2) is 4.79 Å². The molecule has 5 rings (SSSR count). The fraction of sp³-hybridized carbons (Fsp3) is 0.412. The Morgan fingerprint density at radius 2 is 1.80 bits per heavy atom. The van der Waals surface area contributed by atoms with Crippen molar-refractivity contribution in [3.05, 3.63) is 70.1 Å². The van der Waals surface area contributed by atoms with Gasteiger partial charge >= 0.3 is 6.09 Å². The normalized spacial score (nSPS) is 13.6. The molecule has 10 nitrogen and oxygen atoms in total. The lowest BCUT2D eigenvalue weighted by atomic mass is 10.1. The van der Waals surface area contributed by atoms with Crippen molar-refractivity contribution in [2.45, 2.75) is 77.9 Å². The van der Waals surface area contributed by atoms with Crippen LogP contribution in [0.15, 0.2) is 57.9 Å². The highest BCUT2D eigenvalue weighted by atomic mass is 16.6. The number of hydrogen-bond acceptors (Lipinski definition) is 8. The molecule has 2 aromatic heterocycles. The summed E-state index contributed by atoms with van der Waals surface area (Å²) in [6, 6.07) is 12.6. The second-order valence-corrected chi connectivity index (χ2v) is 12.1. The van der Waals surface area contributed by atoms with Crippen LogP contribution in [0.5, 0.6) is 17.2 Å². The van der Waals surface area contributed by atoms with Crippen molar-refractivity contribution < 1.29 is 28.2 Å². The number of nitrogens with one attached hydrogen (secondary N) is 2. The maximum Gasteiger partial charge on any atom is 0.407 e. The molecule has 0 bridgehead atoms. The van der Waals surface area contributed by atoms with Crippen molar-refractivity contribution in [1.82, 2.24) is 15.6 Å². The molecule has 0 radical (unpaired) electrons. The molecule has 1 saturated carbocycles. The maximum absolute atomic E-state index is 13.4. The van der Waals surface area contributed by atoms with E-state index in [1.165, 1.54) is 12.8 Å². The molecule has 44 heavy (non-hydrogen) atoms. The van der Waals surface area contributed by atoms with Gasteiger partial charge in [-0.2, -0.15) is 0 Å². The highest BCUT2D eigenvalue weighted by Gasteiger charge is 2.18. The first-order chi connectivity index (χ1) is 21.0. The third kappa shape index (κ3) is 8.06. The second-order valence-electron chi connectivity index (χ2n) is 12.1. The van der Waals surface area contributed by atoms with E-state index < -0.39 is 11.7 Å². The molecule has 232 valence electrons. The lowest BCUT2D eigenvalue weighted by Gasteiger charge is -2.19. The molecule has 2 amide bonds. The Morgan fingerprint density at radius 3 is 2.52 bits per heavy atom. The molecule has 2 N–H and O–H groups in total. The van der Waals surface area contributed by atoms with Gasteiger partial charge in [0, 0.05) is 24.2 Å². The third-order valence-corrected chi connectivity index (χ3v) is 7.24. The van der Waals surface area contributed by atoms with E-state index in [0.29, 0.717) is 58.1 Å². The highest BCUT2D eigenvalue weighted by molar-refractivity contribution is 5.93. The minimum absolute atomic E-state index is 0.0605. The van der Waals surface area contributed by atoms with Gasteiger partial charge in [0.1, 0.15) is 29.3 Å². The van der Waals surface area contributed by atoms with E-state index in [2.05, 4.69) is 15.6 Å². The topological polar surface area (TPSA) is 129 Å². The van der Waals surface area contributed by atoms with Crippen LogP contribution in [0.25, 0.3) is 21.9 Å². The van der Waals surface area contributed by atoms with Gasteiger partial charge in [0.15, 0.2) is 11.3 Å². The van der Waals surface area contributed by atoms with Crippen LogP contribution in [0.2, 0.25) is 0 Å². The Morgan fingerprint density at radius 1 is 1.02 bits per heavy atom. The van der Waals surface area contributed by atoms with E-state index in [0.717, 1.165) is 24.1 Å². The SMILES string of the molecule is Cc1cc(OCCNC(=O)OC(C)(C)C)c2oc3cc(Oc4ccc(CCC(=O)NC5CCCC5)nc4)ccc3c(=O)c2c1. The smallest absolute Gasteiger partial charge is 0.407 e. The minimum Gasteiger partial charge on any atom is -0.488 e. The first kappa shape index (κ1) is 30.8. The zero-order valence-electron chi connectivity index (χ0n) is 25.7. The molecular weight excluding hydrogens is 562 g/mol. The Hall–Kier alpha value is -4.60. The van der Waals surface area contributed by atoms with E-state index in [-0.39, 0.29) is 24.5 Å². The molecule has 2 heterocycles. The third-order valence-electron chi connectivity index (χ3n) is 7.24. The van der Waals surface area contributed by atoms with Gasteiger partial charge < -0.3 is 29.3 Å². The number of hydrogen-bond donors (Lipinski definition) is 2. The van der Waals surface area contributed by atoms with Gasteiger partial charge in [-0.05, 0) is 88.9 Å². The van der Waals surface area contributed by atoms with Gasteiger partial charge in [-0.3, -0.25) is 14.6 Å². The molecule has 1 aliphatic rings. The predicted molar refractivity (Wildman–Crippen MR) is 167 cm³/mol. The van der Waals surface area contributed by atoms with Crippen molar-refractivity contribution in [3.8, 4) is 17.2 Å². The monoisotopic (exact) mass is 601 g/mol. The fourth-order valence-electron chi connectivity index (χ4n) is 5.21. The summed E-state index contributed by atoms with van der Waals surface area (Å²) in [5.41, 5.74) is 1.52. The molecule has 2 aromatic carbocycles. The standard InChI is InChI=1S/C34H39N3O7/c1-21-17-27-31(39)26-13-12-24(42-25-11-9-22(36-20-25)10-14-30(38)37-23-7-5-6-8-23)19-28(26)43-32(27)29(18-21)41-16-15-35-33(40)44-34(2,3)4/h9,11-13,17-20,23H,5-8,10,14-16H2,1-4H3,(H,35,40)(H,37,38). The number of carbonyl (C=O) groups is 2. The number of aromatic nitrogens is 1. The van der Waals surface area contributed by atoms with Gasteiger partial charge in [-0.15, -0.1) is 0 Å². The minimum atomic E-state index is -0.599. The summed E-state index contributed by atoms with van der Waals surface area (Å²) >= 11 is 0. The molecule has 0 atom stereocenters. The Kier molecular flexibility index (Phi) is 9.37. The lowest BCUT2D eigenvalue weighted by Crippen LogP contribution is -2.34. The first-order valence-electron chi connectivity index (χ1n) is 15.1. The van der Waals surface area contributed by atoms with Gasteiger partial charge in [-0.1, -0.05) is 12.8 Å². The average Bonchev–Trinajstić information content (AvgIpc) is 3.47. The number of amides is 2. The Balaban J connectivity index is 1.26. The van der Waals surface area contributed by atoms with E-state index in [4.69, 9.17) is 18.6 Å². The van der Waals surface area contributed by atoms with E-state index in [1.807, 2.05) is 13.0 Å². The quantitative estimate of drug-likeness (QED) is 0.159. The number of alkyl carbamates (subject to hydrolysis) is 1. The van der Waals surface area contributed by atoms with Gasteiger partial charge in [0.05, 0.1) is 23.5 Å². The zero-order chi connectivity index (χ0) is 31.3. The maximum atomic E-state index is 13.4. The van der Waals surface area contributed by atoms with Crippen LogP contribution >= 0.6 is 0 Å². The molecule has 4 aromatic rings. The van der Waals surface area contributed by atoms with Crippen LogP contribution in [0.3, 0.4) is 0 Å². The number of aryl methyl sites for hydroxylation is 2. The summed E-state index contributed by atoms with van der Waals surface area (Å²) in [5.74, 6) is 1.45. The number of pyridine rings is 1. The Bertz CT molecular complexity index is 1700. The second kappa shape index (κ2) is 13.4. The van der Waals surface area contributed by atoms with Gasteiger partial charge in [0.2, 0.25) is 11.3 Å². The molecule has 0 aliphatic heterocycles. The van der Waals surface area contributed by atoms with Crippen molar-refractivity contribution in [1.29, 1.82) is 0 Å². The molecular formula is C34H39N3O7. The average molecular weight is 602 g/mol. The summed E-state index contributed by atoms with van der Waals surface area (Å²) in [5, 5.41) is 6.57. The van der Waals surface area contributed by atoms with E-state index in [9.17, 15) is 14.4 Å². The van der Waals surface area contributed by atoms with Crippen LogP contribution in [0.4, 0.5) is 4.79 Å². The number of ether oxygens (including phenoxy) is 3. The largest absolute Gasteiger partial charge is 0.488 e. The lowest BCUT2D eigenvalue weighted by molar-refractivity contribution is -0.121. The van der Waals surface area contributed by atoms with Crippen molar-refractivity contribution in [2.75, 3.05) is 13.2 Å². The molecule has 0 unspecified atom stereocenters. The summed E-state index contributed by atoms with van der Waals surface area (Å²) in [7, 11) is 0. The number of benzene rings is 2. The van der Waals surface area contributed by atoms with E-state index >= 15 is 0 Å². The Labute approximate surface area is 256 Å². The predicted octanol–water partition coefficient (Wildman–Crippen LogP) is 6.34. The number of rotatable bonds is 10.